The molecule has 0 aromatic heterocycles. The fraction of sp³-hybridized carbons (Fsp3) is 0.943. The van der Waals surface area contributed by atoms with Crippen LogP contribution in [0.3, 0.4) is 0 Å². The van der Waals surface area contributed by atoms with Gasteiger partial charge in [-0.3, -0.25) is 14.4 Å². The Bertz CT molecular complexity index is 874. The topological polar surface area (TPSA) is 78.9 Å². The highest BCUT2D eigenvalue weighted by Gasteiger charge is 2.19. The molecule has 0 aromatic carbocycles. The molecule has 0 spiro atoms. The van der Waals surface area contributed by atoms with Gasteiger partial charge in [-0.05, 0) is 19.3 Å². The van der Waals surface area contributed by atoms with E-state index in [1.807, 2.05) is 0 Å². The molecule has 0 aliphatic heterocycles. The van der Waals surface area contributed by atoms with E-state index < -0.39 is 6.10 Å². The van der Waals surface area contributed by atoms with E-state index in [4.69, 9.17) is 14.2 Å². The molecule has 0 amide bonds. The van der Waals surface area contributed by atoms with Gasteiger partial charge in [0.1, 0.15) is 13.2 Å². The Morgan fingerprint density at radius 2 is 0.458 bits per heavy atom. The Morgan fingerprint density at radius 3 is 0.678 bits per heavy atom. The van der Waals surface area contributed by atoms with E-state index in [1.54, 1.807) is 0 Å². The highest BCUT2D eigenvalue weighted by atomic mass is 16.6. The predicted octanol–water partition coefficient (Wildman–Crippen LogP) is 17.2. The van der Waals surface area contributed by atoms with Gasteiger partial charge in [0.2, 0.25) is 0 Å². The SMILES string of the molecule is CCCCCCCCCCCCCCCCCCCCCCCCCCCCCCCCCC(=O)OCC(COC(=O)CCCCCCC)OC(=O)CCCCCCC. The summed E-state index contributed by atoms with van der Waals surface area (Å²) in [7, 11) is 0. The lowest BCUT2D eigenvalue weighted by molar-refractivity contribution is -0.167. The lowest BCUT2D eigenvalue weighted by Crippen LogP contribution is -2.30. The lowest BCUT2D eigenvalue weighted by Gasteiger charge is -2.18. The fourth-order valence-electron chi connectivity index (χ4n) is 8.09. The Hall–Kier alpha value is -1.59. The van der Waals surface area contributed by atoms with Crippen LogP contribution >= 0.6 is 0 Å². The molecule has 0 N–H and O–H groups in total. The number of carbonyl (C=O) groups is 3. The fourth-order valence-corrected chi connectivity index (χ4v) is 8.09. The Labute approximate surface area is 368 Å². The maximum Gasteiger partial charge on any atom is 0.306 e. The average molecular weight is 835 g/mol. The van der Waals surface area contributed by atoms with Crippen molar-refractivity contribution >= 4 is 17.9 Å². The zero-order chi connectivity index (χ0) is 43.0. The number of unbranched alkanes of at least 4 members (excludes halogenated alkanes) is 38. The third-order valence-corrected chi connectivity index (χ3v) is 12.1. The summed E-state index contributed by atoms with van der Waals surface area (Å²) in [4.78, 5) is 37.2. The van der Waals surface area contributed by atoms with Gasteiger partial charge in [-0.2, -0.15) is 0 Å². The molecule has 0 aliphatic rings. The molecule has 59 heavy (non-hydrogen) atoms. The summed E-state index contributed by atoms with van der Waals surface area (Å²) in [6.45, 7) is 6.50. The monoisotopic (exact) mass is 835 g/mol. The van der Waals surface area contributed by atoms with Crippen LogP contribution in [0.2, 0.25) is 0 Å². The first kappa shape index (κ1) is 57.4. The van der Waals surface area contributed by atoms with E-state index in [0.717, 1.165) is 70.6 Å². The van der Waals surface area contributed by atoms with Crippen molar-refractivity contribution in [1.29, 1.82) is 0 Å². The molecule has 1 atom stereocenters. The molecule has 0 radical (unpaired) electrons. The average Bonchev–Trinajstić information content (AvgIpc) is 3.23. The molecule has 6 nitrogen and oxygen atoms in total. The van der Waals surface area contributed by atoms with Gasteiger partial charge in [0.05, 0.1) is 0 Å². The molecule has 0 rings (SSSR count). The molecule has 350 valence electrons. The van der Waals surface area contributed by atoms with Crippen LogP contribution in [0.25, 0.3) is 0 Å². The first-order valence-corrected chi connectivity index (χ1v) is 26.5. The Kier molecular flexibility index (Phi) is 47.7. The number of rotatable bonds is 49. The summed E-state index contributed by atoms with van der Waals surface area (Å²) in [5.74, 6) is -0.882. The van der Waals surface area contributed by atoms with Crippen LogP contribution in [0.1, 0.15) is 303 Å². The maximum absolute atomic E-state index is 12.5. The first-order chi connectivity index (χ1) is 29.0. The quantitative estimate of drug-likeness (QED) is 0.0345. The zero-order valence-corrected chi connectivity index (χ0v) is 40.1. The first-order valence-electron chi connectivity index (χ1n) is 26.5. The van der Waals surface area contributed by atoms with Gasteiger partial charge >= 0.3 is 17.9 Å². The van der Waals surface area contributed by atoms with E-state index in [2.05, 4.69) is 20.8 Å². The van der Waals surface area contributed by atoms with Crippen molar-refractivity contribution in [3.8, 4) is 0 Å². The molecule has 0 saturated heterocycles. The highest BCUT2D eigenvalue weighted by molar-refractivity contribution is 5.71. The van der Waals surface area contributed by atoms with Crippen LogP contribution in [-0.4, -0.2) is 37.2 Å². The van der Waals surface area contributed by atoms with Gasteiger partial charge in [-0.1, -0.05) is 265 Å². The van der Waals surface area contributed by atoms with Crippen LogP contribution in [0.5, 0.6) is 0 Å². The Balaban J connectivity index is 3.68. The summed E-state index contributed by atoms with van der Waals surface area (Å²) < 4.78 is 16.5. The van der Waals surface area contributed by atoms with Crippen LogP contribution in [0, 0.1) is 0 Å². The zero-order valence-electron chi connectivity index (χ0n) is 40.1. The standard InChI is InChI=1S/C53H102O6/c1-4-7-10-13-14-15-16-17-18-19-20-21-22-23-24-25-26-27-28-29-30-31-32-33-34-35-36-37-38-41-43-46-52(55)58-49-50(59-53(56)47-44-40-12-9-6-3)48-57-51(54)45-42-39-11-8-5-2/h50H,4-49H2,1-3H3. The number of hydrogen-bond acceptors (Lipinski definition) is 6. The third kappa shape index (κ3) is 47.3. The van der Waals surface area contributed by atoms with Crippen molar-refractivity contribution in [3.05, 3.63) is 0 Å². The van der Waals surface area contributed by atoms with Crippen molar-refractivity contribution in [3.63, 3.8) is 0 Å². The molecule has 1 unspecified atom stereocenters. The minimum atomic E-state index is -0.755. The van der Waals surface area contributed by atoms with E-state index >= 15 is 0 Å². The molecule has 0 fully saturated rings. The van der Waals surface area contributed by atoms with Crippen molar-refractivity contribution in [1.82, 2.24) is 0 Å². The second kappa shape index (κ2) is 49.1. The van der Waals surface area contributed by atoms with E-state index in [-0.39, 0.29) is 31.1 Å². The van der Waals surface area contributed by atoms with Crippen LogP contribution < -0.4 is 0 Å². The summed E-state index contributed by atoms with van der Waals surface area (Å²) in [6.07, 6.45) is 53.5. The number of esters is 3. The van der Waals surface area contributed by atoms with Crippen molar-refractivity contribution in [2.45, 2.75) is 309 Å². The number of carbonyl (C=O) groups excluding carboxylic acids is 3. The van der Waals surface area contributed by atoms with Crippen LogP contribution in [-0.2, 0) is 28.6 Å². The molecule has 0 saturated carbocycles. The van der Waals surface area contributed by atoms with Crippen molar-refractivity contribution in [2.75, 3.05) is 13.2 Å². The summed E-state index contributed by atoms with van der Waals surface area (Å²) in [5.41, 5.74) is 0. The van der Waals surface area contributed by atoms with E-state index in [0.29, 0.717) is 19.3 Å². The molecule has 0 heterocycles. The van der Waals surface area contributed by atoms with Gasteiger partial charge in [0.25, 0.3) is 0 Å². The smallest absolute Gasteiger partial charge is 0.306 e. The van der Waals surface area contributed by atoms with E-state index in [1.165, 1.54) is 193 Å². The van der Waals surface area contributed by atoms with Crippen LogP contribution in [0.4, 0.5) is 0 Å². The van der Waals surface area contributed by atoms with Gasteiger partial charge < -0.3 is 14.2 Å². The minimum absolute atomic E-state index is 0.0657. The normalized spacial score (nSPS) is 11.8. The van der Waals surface area contributed by atoms with E-state index in [9.17, 15) is 14.4 Å². The maximum atomic E-state index is 12.5. The molecular weight excluding hydrogens is 733 g/mol. The highest BCUT2D eigenvalue weighted by Crippen LogP contribution is 2.17. The second-order valence-corrected chi connectivity index (χ2v) is 18.2. The molecule has 0 bridgehead atoms. The van der Waals surface area contributed by atoms with Gasteiger partial charge in [0.15, 0.2) is 6.10 Å². The second-order valence-electron chi connectivity index (χ2n) is 18.2. The molecular formula is C53H102O6. The van der Waals surface area contributed by atoms with Gasteiger partial charge in [-0.25, -0.2) is 0 Å². The Morgan fingerprint density at radius 1 is 0.271 bits per heavy atom. The molecule has 0 aromatic rings. The summed E-state index contributed by atoms with van der Waals surface area (Å²) in [6, 6.07) is 0. The molecule has 0 aliphatic carbocycles. The van der Waals surface area contributed by atoms with Crippen LogP contribution in [0.15, 0.2) is 0 Å². The molecule has 6 heteroatoms. The van der Waals surface area contributed by atoms with Crippen molar-refractivity contribution in [2.24, 2.45) is 0 Å². The largest absolute Gasteiger partial charge is 0.462 e. The third-order valence-electron chi connectivity index (χ3n) is 12.1. The summed E-state index contributed by atoms with van der Waals surface area (Å²) in [5, 5.41) is 0. The summed E-state index contributed by atoms with van der Waals surface area (Å²) >= 11 is 0. The lowest BCUT2D eigenvalue weighted by atomic mass is 10.0. The van der Waals surface area contributed by atoms with Gasteiger partial charge in [-0.15, -0.1) is 0 Å². The van der Waals surface area contributed by atoms with Gasteiger partial charge in [0, 0.05) is 19.3 Å². The number of hydrogen-bond donors (Lipinski definition) is 0. The van der Waals surface area contributed by atoms with Crippen molar-refractivity contribution < 1.29 is 28.6 Å². The predicted molar refractivity (Wildman–Crippen MR) is 252 cm³/mol. The minimum Gasteiger partial charge on any atom is -0.462 e. The number of ether oxygens (including phenoxy) is 3.